The van der Waals surface area contributed by atoms with E-state index in [-0.39, 0.29) is 23.4 Å². The van der Waals surface area contributed by atoms with Gasteiger partial charge in [0.25, 0.3) is 5.91 Å². The fourth-order valence-electron chi connectivity index (χ4n) is 5.92. The summed E-state index contributed by atoms with van der Waals surface area (Å²) >= 11 is 0. The molecule has 1 spiro atoms. The third-order valence-electron chi connectivity index (χ3n) is 7.64. The zero-order valence-electron chi connectivity index (χ0n) is 18.7. The second kappa shape index (κ2) is 8.13. The largest absolute Gasteiger partial charge is 0.366 e. The van der Waals surface area contributed by atoms with Crippen molar-refractivity contribution < 1.29 is 22.7 Å². The molecule has 9 heteroatoms. The third kappa shape index (κ3) is 3.61. The SMILES string of the molecule is N[C@@H]1C[C@H](c2ccncc2NC(=O)c2ccc(F)c(-c3c(F)cccc3F)n2)OC23CC2CC[C@H]13. The van der Waals surface area contributed by atoms with E-state index in [2.05, 4.69) is 15.3 Å². The molecule has 2 saturated carbocycles. The van der Waals surface area contributed by atoms with Crippen LogP contribution in [-0.4, -0.2) is 27.5 Å². The average Bonchev–Trinajstić information content (AvgIpc) is 3.39. The van der Waals surface area contributed by atoms with Crippen LogP contribution in [0.2, 0.25) is 0 Å². The first-order valence-electron chi connectivity index (χ1n) is 11.7. The Morgan fingerprint density at radius 3 is 2.66 bits per heavy atom. The van der Waals surface area contributed by atoms with Crippen molar-refractivity contribution >= 4 is 11.6 Å². The molecule has 3 aliphatic rings. The highest BCUT2D eigenvalue weighted by molar-refractivity contribution is 6.03. The number of halogens is 3. The van der Waals surface area contributed by atoms with Crippen molar-refractivity contribution in [3.05, 3.63) is 77.5 Å². The van der Waals surface area contributed by atoms with Gasteiger partial charge in [-0.2, -0.15) is 0 Å². The molecule has 5 atom stereocenters. The van der Waals surface area contributed by atoms with Gasteiger partial charge in [-0.1, -0.05) is 6.07 Å². The second-order valence-corrected chi connectivity index (χ2v) is 9.59. The highest BCUT2D eigenvalue weighted by atomic mass is 19.1. The molecular weight excluding hydrogens is 457 g/mol. The number of nitrogens with two attached hydrogens (primary N) is 1. The number of benzene rings is 1. The highest BCUT2D eigenvalue weighted by Gasteiger charge is 2.67. The van der Waals surface area contributed by atoms with E-state index >= 15 is 0 Å². The number of carbonyl (C=O) groups excluding carboxylic acids is 1. The maximum Gasteiger partial charge on any atom is 0.274 e. The molecule has 0 radical (unpaired) electrons. The van der Waals surface area contributed by atoms with Crippen molar-refractivity contribution in [2.45, 2.75) is 43.4 Å². The summed E-state index contributed by atoms with van der Waals surface area (Å²) in [6, 6.07) is 7.09. The molecule has 3 aromatic rings. The third-order valence-corrected chi connectivity index (χ3v) is 7.64. The monoisotopic (exact) mass is 480 g/mol. The zero-order valence-corrected chi connectivity index (χ0v) is 18.7. The molecule has 1 saturated heterocycles. The lowest BCUT2D eigenvalue weighted by atomic mass is 9.84. The Kier molecular flexibility index (Phi) is 5.16. The van der Waals surface area contributed by atoms with Crippen LogP contribution in [0.1, 0.15) is 47.8 Å². The summed E-state index contributed by atoms with van der Waals surface area (Å²) in [4.78, 5) is 21.1. The number of carbonyl (C=O) groups is 1. The van der Waals surface area contributed by atoms with Crippen LogP contribution < -0.4 is 11.1 Å². The number of nitrogens with one attached hydrogen (secondary N) is 1. The van der Waals surface area contributed by atoms with Gasteiger partial charge in [-0.3, -0.25) is 9.78 Å². The quantitative estimate of drug-likeness (QED) is 0.562. The van der Waals surface area contributed by atoms with Gasteiger partial charge in [-0.25, -0.2) is 18.2 Å². The molecule has 1 aromatic carbocycles. The molecule has 2 aliphatic carbocycles. The molecule has 180 valence electrons. The van der Waals surface area contributed by atoms with Crippen LogP contribution in [0.25, 0.3) is 11.3 Å². The number of aromatic nitrogens is 2. The number of nitrogens with zero attached hydrogens (tertiary/aromatic N) is 2. The van der Waals surface area contributed by atoms with Gasteiger partial charge in [0.15, 0.2) is 0 Å². The number of pyridine rings is 2. The van der Waals surface area contributed by atoms with Crippen molar-refractivity contribution in [1.29, 1.82) is 0 Å². The molecule has 1 amide bonds. The van der Waals surface area contributed by atoms with Gasteiger partial charge in [0.2, 0.25) is 0 Å². The van der Waals surface area contributed by atoms with E-state index in [1.54, 1.807) is 12.3 Å². The van der Waals surface area contributed by atoms with Crippen LogP contribution in [0, 0.1) is 29.3 Å². The molecule has 3 N–H and O–H groups in total. The molecule has 0 bridgehead atoms. The minimum Gasteiger partial charge on any atom is -0.366 e. The molecule has 3 heterocycles. The van der Waals surface area contributed by atoms with E-state index in [9.17, 15) is 18.0 Å². The minimum atomic E-state index is -0.975. The van der Waals surface area contributed by atoms with Crippen molar-refractivity contribution in [3.8, 4) is 11.3 Å². The Morgan fingerprint density at radius 1 is 1.09 bits per heavy atom. The van der Waals surface area contributed by atoms with Gasteiger partial charge in [0.05, 0.1) is 29.2 Å². The van der Waals surface area contributed by atoms with Gasteiger partial charge in [0, 0.05) is 23.7 Å². The normalized spacial score (nSPS) is 28.8. The zero-order chi connectivity index (χ0) is 24.3. The number of amides is 1. The molecule has 1 aliphatic heterocycles. The minimum absolute atomic E-state index is 0.00922. The van der Waals surface area contributed by atoms with Gasteiger partial charge >= 0.3 is 0 Å². The summed E-state index contributed by atoms with van der Waals surface area (Å²) < 4.78 is 49.5. The summed E-state index contributed by atoms with van der Waals surface area (Å²) in [7, 11) is 0. The Hall–Kier alpha value is -3.30. The topological polar surface area (TPSA) is 90.1 Å². The van der Waals surface area contributed by atoms with Crippen molar-refractivity contribution in [1.82, 2.24) is 9.97 Å². The summed E-state index contributed by atoms with van der Waals surface area (Å²) in [5.74, 6) is -2.65. The van der Waals surface area contributed by atoms with Crippen molar-refractivity contribution in [3.63, 3.8) is 0 Å². The molecule has 2 aromatic heterocycles. The van der Waals surface area contributed by atoms with Gasteiger partial charge in [-0.15, -0.1) is 0 Å². The maximum atomic E-state index is 14.4. The number of hydrogen-bond donors (Lipinski definition) is 2. The second-order valence-electron chi connectivity index (χ2n) is 9.59. The van der Waals surface area contributed by atoms with Gasteiger partial charge in [0.1, 0.15) is 28.8 Å². The Morgan fingerprint density at radius 2 is 1.89 bits per heavy atom. The fraction of sp³-hybridized carbons (Fsp3) is 0.346. The smallest absolute Gasteiger partial charge is 0.274 e. The summed E-state index contributed by atoms with van der Waals surface area (Å²) in [6.07, 6.45) is 6.68. The Bertz CT molecular complexity index is 1320. The lowest BCUT2D eigenvalue weighted by Crippen LogP contribution is -2.46. The van der Waals surface area contributed by atoms with Crippen LogP contribution in [0.3, 0.4) is 0 Å². The molecule has 35 heavy (non-hydrogen) atoms. The van der Waals surface area contributed by atoms with Crippen LogP contribution in [0.5, 0.6) is 0 Å². The van der Waals surface area contributed by atoms with Gasteiger partial charge in [-0.05, 0) is 61.9 Å². The van der Waals surface area contributed by atoms with E-state index in [1.807, 2.05) is 0 Å². The molecule has 6 nitrogen and oxygen atoms in total. The van der Waals surface area contributed by atoms with Crippen LogP contribution >= 0.6 is 0 Å². The van der Waals surface area contributed by atoms with Crippen LogP contribution in [-0.2, 0) is 4.74 Å². The predicted octanol–water partition coefficient (Wildman–Crippen LogP) is 4.77. The molecule has 3 fully saturated rings. The first-order valence-corrected chi connectivity index (χ1v) is 11.7. The van der Waals surface area contributed by atoms with Gasteiger partial charge < -0.3 is 15.8 Å². The van der Waals surface area contributed by atoms with Crippen molar-refractivity contribution in [2.75, 3.05) is 5.32 Å². The predicted molar refractivity (Wildman–Crippen MR) is 122 cm³/mol. The lowest BCUT2D eigenvalue weighted by Gasteiger charge is -2.40. The van der Waals surface area contributed by atoms with Crippen LogP contribution in [0.4, 0.5) is 18.9 Å². The first kappa shape index (κ1) is 22.2. The summed E-state index contributed by atoms with van der Waals surface area (Å²) in [5.41, 5.74) is 6.12. The Balaban J connectivity index is 1.28. The van der Waals surface area contributed by atoms with E-state index in [0.29, 0.717) is 23.9 Å². The maximum absolute atomic E-state index is 14.4. The molecular formula is C26H23F3N4O2. The average molecular weight is 480 g/mol. The molecule has 6 rings (SSSR count). The highest BCUT2D eigenvalue weighted by Crippen LogP contribution is 2.66. The first-order chi connectivity index (χ1) is 16.9. The lowest BCUT2D eigenvalue weighted by molar-refractivity contribution is -0.108. The Labute approximate surface area is 199 Å². The summed E-state index contributed by atoms with van der Waals surface area (Å²) in [6.45, 7) is 0. The standard InChI is InChI=1S/C26H23F3N4O2/c27-16-2-1-3-17(28)23(16)24-18(29)6-7-20(32-24)25(34)33-21-12-31-9-8-14(21)22-10-19(30)15-5-4-13-11-26(13,15)35-22/h1-3,6-9,12-13,15,19,22H,4-5,10-11,30H2,(H,33,34)/t13?,15-,19-,22-,26?/m1/s1. The number of ether oxygens (including phenoxy) is 1. The number of rotatable bonds is 4. The summed E-state index contributed by atoms with van der Waals surface area (Å²) in [5, 5.41) is 2.76. The fourth-order valence-corrected chi connectivity index (χ4v) is 5.92. The molecule has 2 unspecified atom stereocenters. The number of anilines is 1. The van der Waals surface area contributed by atoms with E-state index in [0.717, 1.165) is 49.1 Å². The van der Waals surface area contributed by atoms with Crippen LogP contribution in [0.15, 0.2) is 48.8 Å². The number of hydrogen-bond acceptors (Lipinski definition) is 5. The van der Waals surface area contributed by atoms with Crippen molar-refractivity contribution in [2.24, 2.45) is 17.6 Å². The van der Waals surface area contributed by atoms with E-state index in [4.69, 9.17) is 10.5 Å². The van der Waals surface area contributed by atoms with E-state index in [1.165, 1.54) is 12.3 Å². The van der Waals surface area contributed by atoms with E-state index < -0.39 is 34.6 Å².